The predicted octanol–water partition coefficient (Wildman–Crippen LogP) is 5.61. The molecule has 1 N–H and O–H groups in total. The van der Waals surface area contributed by atoms with Crippen LogP contribution in [0.5, 0.6) is 11.5 Å². The number of benzene rings is 3. The zero-order valence-corrected chi connectivity index (χ0v) is 20.2. The van der Waals surface area contributed by atoms with Crippen molar-refractivity contribution >= 4 is 34.3 Å². The number of nitrogens with one attached hydrogen (secondary N) is 1. The average Bonchev–Trinajstić information content (AvgIpc) is 2.90. The molecule has 7 nitrogen and oxygen atoms in total. The lowest BCUT2D eigenvalue weighted by Gasteiger charge is -2.15. The summed E-state index contributed by atoms with van der Waals surface area (Å²) in [7, 11) is 0. The van der Waals surface area contributed by atoms with E-state index in [1.54, 1.807) is 36.5 Å². The molecule has 0 aliphatic heterocycles. The maximum Gasteiger partial charge on any atom is 0.267 e. The molecule has 0 atom stereocenters. The number of thioether (sulfide) groups is 1. The number of amides is 1. The molecule has 8 heteroatoms. The van der Waals surface area contributed by atoms with Crippen molar-refractivity contribution in [1.82, 2.24) is 14.5 Å². The predicted molar refractivity (Wildman–Crippen MR) is 142 cm³/mol. The number of carbonyl (C=O) groups is 1. The Labute approximate surface area is 211 Å². The summed E-state index contributed by atoms with van der Waals surface area (Å²) in [6.45, 7) is 1.88. The number of nitrogens with zero attached hydrogens (tertiary/aromatic N) is 3. The summed E-state index contributed by atoms with van der Waals surface area (Å²) in [6, 6.07) is 27.5. The van der Waals surface area contributed by atoms with E-state index in [1.165, 1.54) is 16.3 Å². The maximum atomic E-state index is 13.4. The Balaban J connectivity index is 1.41. The van der Waals surface area contributed by atoms with E-state index in [2.05, 4.69) is 15.3 Å². The van der Waals surface area contributed by atoms with Gasteiger partial charge >= 0.3 is 0 Å². The van der Waals surface area contributed by atoms with Crippen LogP contribution < -0.4 is 15.6 Å². The van der Waals surface area contributed by atoms with E-state index in [0.717, 1.165) is 5.56 Å². The first-order valence-corrected chi connectivity index (χ1v) is 12.3. The second-order valence-corrected chi connectivity index (χ2v) is 8.89. The topological polar surface area (TPSA) is 86.1 Å². The van der Waals surface area contributed by atoms with Gasteiger partial charge in [0, 0.05) is 6.20 Å². The van der Waals surface area contributed by atoms with Gasteiger partial charge in [-0.15, -0.1) is 0 Å². The number of aryl methyl sites for hydroxylation is 1. The quantitative estimate of drug-likeness (QED) is 0.234. The molecule has 0 fully saturated rings. The van der Waals surface area contributed by atoms with Crippen molar-refractivity contribution in [2.45, 2.75) is 12.1 Å². The number of para-hydroxylation sites is 4. The summed E-state index contributed by atoms with van der Waals surface area (Å²) in [5.41, 5.74) is 1.72. The third-order valence-electron chi connectivity index (χ3n) is 5.40. The van der Waals surface area contributed by atoms with Crippen LogP contribution in [0.3, 0.4) is 0 Å². The minimum Gasteiger partial charge on any atom is -0.455 e. The molecule has 0 saturated heterocycles. The lowest BCUT2D eigenvalue weighted by molar-refractivity contribution is -0.113. The maximum absolute atomic E-state index is 13.4. The van der Waals surface area contributed by atoms with Crippen molar-refractivity contribution in [1.29, 1.82) is 0 Å². The van der Waals surface area contributed by atoms with Gasteiger partial charge in [0.15, 0.2) is 10.9 Å². The average molecular weight is 495 g/mol. The number of anilines is 1. The third kappa shape index (κ3) is 4.99. The Hall–Kier alpha value is -4.43. The molecule has 0 radical (unpaired) electrons. The van der Waals surface area contributed by atoms with Crippen molar-refractivity contribution in [2.24, 2.45) is 0 Å². The first kappa shape index (κ1) is 23.3. The van der Waals surface area contributed by atoms with Gasteiger partial charge in [-0.2, -0.15) is 0 Å². The zero-order valence-electron chi connectivity index (χ0n) is 19.4. The number of aromatic nitrogens is 3. The molecule has 0 aliphatic rings. The van der Waals surface area contributed by atoms with Crippen LogP contribution >= 0.6 is 11.8 Å². The van der Waals surface area contributed by atoms with Gasteiger partial charge in [0.2, 0.25) is 5.91 Å². The van der Waals surface area contributed by atoms with E-state index in [0.29, 0.717) is 39.1 Å². The summed E-state index contributed by atoms with van der Waals surface area (Å²) in [4.78, 5) is 35.4. The normalized spacial score (nSPS) is 10.8. The number of hydrogen-bond donors (Lipinski definition) is 1. The standard InChI is InChI=1S/C28H22N4O3S/c1-19-10-9-17-29-26(19)32-27(34)21-13-5-6-14-22(21)31-28(32)36-18-25(33)30-23-15-7-8-16-24(23)35-20-11-3-2-4-12-20/h2-17H,18H2,1H3,(H,30,33). The fraction of sp³-hybridized carbons (Fsp3) is 0.0714. The zero-order chi connectivity index (χ0) is 24.9. The van der Waals surface area contributed by atoms with Crippen LogP contribution in [0.25, 0.3) is 16.7 Å². The molecule has 5 rings (SSSR count). The Bertz CT molecular complexity index is 1600. The van der Waals surface area contributed by atoms with Crippen molar-refractivity contribution in [3.63, 3.8) is 0 Å². The van der Waals surface area contributed by atoms with Gasteiger partial charge < -0.3 is 10.1 Å². The summed E-state index contributed by atoms with van der Waals surface area (Å²) >= 11 is 1.18. The Morgan fingerprint density at radius 2 is 1.69 bits per heavy atom. The van der Waals surface area contributed by atoms with E-state index in [1.807, 2.05) is 67.6 Å². The summed E-state index contributed by atoms with van der Waals surface area (Å²) in [5.74, 6) is 1.48. The van der Waals surface area contributed by atoms with Crippen molar-refractivity contribution in [2.75, 3.05) is 11.1 Å². The molecule has 0 saturated carbocycles. The highest BCUT2D eigenvalue weighted by atomic mass is 32.2. The Morgan fingerprint density at radius 1 is 0.944 bits per heavy atom. The number of fused-ring (bicyclic) bond motifs is 1. The minimum absolute atomic E-state index is 0.0380. The molecule has 1 amide bonds. The monoisotopic (exact) mass is 494 g/mol. The summed E-state index contributed by atoms with van der Waals surface area (Å²) in [6.07, 6.45) is 1.63. The van der Waals surface area contributed by atoms with E-state index < -0.39 is 0 Å². The Morgan fingerprint density at radius 3 is 2.53 bits per heavy atom. The van der Waals surface area contributed by atoms with Gasteiger partial charge in [-0.1, -0.05) is 60.3 Å². The molecule has 3 aromatic carbocycles. The van der Waals surface area contributed by atoms with E-state index in [9.17, 15) is 9.59 Å². The molecule has 0 unspecified atom stereocenters. The van der Waals surface area contributed by atoms with Gasteiger partial charge in [-0.05, 0) is 55.0 Å². The van der Waals surface area contributed by atoms with Crippen molar-refractivity contribution in [3.8, 4) is 17.3 Å². The molecular weight excluding hydrogens is 472 g/mol. The highest BCUT2D eigenvalue weighted by molar-refractivity contribution is 7.99. The summed E-state index contributed by atoms with van der Waals surface area (Å²) in [5, 5.41) is 3.79. The molecule has 36 heavy (non-hydrogen) atoms. The van der Waals surface area contributed by atoms with Crippen LogP contribution in [0.1, 0.15) is 5.56 Å². The molecule has 0 bridgehead atoms. The number of carbonyl (C=O) groups excluding carboxylic acids is 1. The molecule has 5 aromatic rings. The van der Waals surface area contributed by atoms with Gasteiger partial charge in [0.1, 0.15) is 11.6 Å². The van der Waals surface area contributed by atoms with Crippen LogP contribution in [0.15, 0.2) is 107 Å². The van der Waals surface area contributed by atoms with Crippen LogP contribution in [0.4, 0.5) is 5.69 Å². The molecule has 2 heterocycles. The minimum atomic E-state index is -0.254. The van der Waals surface area contributed by atoms with Gasteiger partial charge in [-0.3, -0.25) is 9.59 Å². The van der Waals surface area contributed by atoms with Gasteiger partial charge in [-0.25, -0.2) is 14.5 Å². The first-order valence-electron chi connectivity index (χ1n) is 11.3. The van der Waals surface area contributed by atoms with Crippen molar-refractivity contribution < 1.29 is 9.53 Å². The van der Waals surface area contributed by atoms with Crippen LogP contribution in [-0.4, -0.2) is 26.2 Å². The van der Waals surface area contributed by atoms with Crippen LogP contribution in [-0.2, 0) is 4.79 Å². The smallest absolute Gasteiger partial charge is 0.267 e. The van der Waals surface area contributed by atoms with Crippen LogP contribution in [0.2, 0.25) is 0 Å². The lowest BCUT2D eigenvalue weighted by atomic mass is 10.2. The van der Waals surface area contributed by atoms with Gasteiger partial charge in [0.05, 0.1) is 22.3 Å². The molecule has 0 aliphatic carbocycles. The van der Waals surface area contributed by atoms with Gasteiger partial charge in [0.25, 0.3) is 5.56 Å². The number of hydrogen-bond acceptors (Lipinski definition) is 6. The highest BCUT2D eigenvalue weighted by Crippen LogP contribution is 2.29. The van der Waals surface area contributed by atoms with Crippen LogP contribution in [0, 0.1) is 6.92 Å². The van der Waals surface area contributed by atoms with E-state index in [4.69, 9.17) is 4.74 Å². The first-order chi connectivity index (χ1) is 17.6. The summed E-state index contributed by atoms with van der Waals surface area (Å²) < 4.78 is 7.41. The van der Waals surface area contributed by atoms with Crippen molar-refractivity contribution in [3.05, 3.63) is 113 Å². The van der Waals surface area contributed by atoms with E-state index >= 15 is 0 Å². The number of ether oxygens (including phenoxy) is 1. The molecule has 0 spiro atoms. The Kier molecular flexibility index (Phi) is 6.77. The number of pyridine rings is 1. The molecular formula is C28H22N4O3S. The third-order valence-corrected chi connectivity index (χ3v) is 6.34. The SMILES string of the molecule is Cc1cccnc1-n1c(SCC(=O)Nc2ccccc2Oc2ccccc2)nc2ccccc2c1=O. The molecule has 2 aromatic heterocycles. The van der Waals surface area contributed by atoms with E-state index in [-0.39, 0.29) is 17.2 Å². The number of rotatable bonds is 7. The second-order valence-electron chi connectivity index (χ2n) is 7.94. The fourth-order valence-electron chi connectivity index (χ4n) is 3.70. The lowest BCUT2D eigenvalue weighted by Crippen LogP contribution is -2.24. The largest absolute Gasteiger partial charge is 0.455 e. The molecule has 178 valence electrons. The fourth-order valence-corrected chi connectivity index (χ4v) is 4.49. The highest BCUT2D eigenvalue weighted by Gasteiger charge is 2.17. The second kappa shape index (κ2) is 10.5.